The van der Waals surface area contributed by atoms with Gasteiger partial charge in [-0.3, -0.25) is 0 Å². The normalized spacial score (nSPS) is 17.5. The predicted octanol–water partition coefficient (Wildman–Crippen LogP) is 3.24. The van der Waals surface area contributed by atoms with Gasteiger partial charge in [-0.15, -0.1) is 23.7 Å². The van der Waals surface area contributed by atoms with Gasteiger partial charge in [0.1, 0.15) is 0 Å². The number of nitrogens with zero attached hydrogens (tertiary/aromatic N) is 3. The summed E-state index contributed by atoms with van der Waals surface area (Å²) in [5.74, 6) is 1.97. The van der Waals surface area contributed by atoms with Gasteiger partial charge in [-0.1, -0.05) is 20.8 Å². The van der Waals surface area contributed by atoms with Crippen molar-refractivity contribution in [3.63, 3.8) is 0 Å². The van der Waals surface area contributed by atoms with Gasteiger partial charge in [0, 0.05) is 25.0 Å². The minimum atomic E-state index is 0. The van der Waals surface area contributed by atoms with Crippen molar-refractivity contribution in [2.75, 3.05) is 30.8 Å². The van der Waals surface area contributed by atoms with E-state index >= 15 is 0 Å². The van der Waals surface area contributed by atoms with Crippen LogP contribution in [0.2, 0.25) is 0 Å². The number of nitrogen functional groups attached to an aromatic ring is 1. The quantitative estimate of drug-likeness (QED) is 0.867. The third kappa shape index (κ3) is 3.46. The molecule has 5 nitrogen and oxygen atoms in total. The van der Waals surface area contributed by atoms with Gasteiger partial charge < -0.3 is 16.4 Å². The molecule has 0 bridgehead atoms. The highest BCUT2D eigenvalue weighted by Crippen LogP contribution is 2.44. The van der Waals surface area contributed by atoms with E-state index < -0.39 is 0 Å². The van der Waals surface area contributed by atoms with Crippen LogP contribution in [0.3, 0.4) is 0 Å². The Morgan fingerprint density at radius 1 is 1.29 bits per heavy atom. The molecule has 0 amide bonds. The fourth-order valence-corrected chi connectivity index (χ4v) is 4.76. The fraction of sp³-hybridized carbons (Fsp3) is 0.647. The number of thiophene rings is 1. The number of aromatic nitrogens is 2. The molecule has 2 aromatic rings. The predicted molar refractivity (Wildman–Crippen MR) is 106 cm³/mol. The molecule has 4 N–H and O–H groups in total. The van der Waals surface area contributed by atoms with Crippen LogP contribution in [0.1, 0.15) is 37.6 Å². The average Bonchev–Trinajstić information content (AvgIpc) is 2.83. The summed E-state index contributed by atoms with van der Waals surface area (Å²) in [6.07, 6.45) is 3.48. The maximum absolute atomic E-state index is 6.00. The number of rotatable bonds is 3. The lowest BCUT2D eigenvalue weighted by atomic mass is 9.72. The Kier molecular flexibility index (Phi) is 5.62. The van der Waals surface area contributed by atoms with Crippen molar-refractivity contribution in [3.05, 3.63) is 10.4 Å². The van der Waals surface area contributed by atoms with E-state index in [-0.39, 0.29) is 12.4 Å². The summed E-state index contributed by atoms with van der Waals surface area (Å²) in [5.41, 5.74) is 14.5. The molecule has 1 unspecified atom stereocenters. The molecule has 0 saturated heterocycles. The van der Waals surface area contributed by atoms with Crippen molar-refractivity contribution in [2.45, 2.75) is 40.0 Å². The Morgan fingerprint density at radius 3 is 2.62 bits per heavy atom. The van der Waals surface area contributed by atoms with Crippen LogP contribution in [0.5, 0.6) is 0 Å². The summed E-state index contributed by atoms with van der Waals surface area (Å²) < 4.78 is 1.16. The fourth-order valence-electron chi connectivity index (χ4n) is 3.43. The molecule has 0 aromatic carbocycles. The first-order valence-corrected chi connectivity index (χ1v) is 9.12. The number of hydrogen-bond acceptors (Lipinski definition) is 6. The van der Waals surface area contributed by atoms with Gasteiger partial charge >= 0.3 is 0 Å². The Morgan fingerprint density at radius 2 is 2.00 bits per heavy atom. The van der Waals surface area contributed by atoms with Gasteiger partial charge in [-0.2, -0.15) is 4.98 Å². The summed E-state index contributed by atoms with van der Waals surface area (Å²) in [4.78, 5) is 12.6. The first kappa shape index (κ1) is 19.2. The van der Waals surface area contributed by atoms with Gasteiger partial charge in [-0.25, -0.2) is 4.98 Å². The zero-order chi connectivity index (χ0) is 16.8. The number of likely N-dealkylation sites (N-methyl/N-ethyl adjacent to an activating group) is 1. The van der Waals surface area contributed by atoms with Crippen molar-refractivity contribution < 1.29 is 0 Å². The van der Waals surface area contributed by atoms with Crippen molar-refractivity contribution >= 4 is 45.7 Å². The number of fused-ring (bicyclic) bond motifs is 3. The van der Waals surface area contributed by atoms with Gasteiger partial charge in [0.05, 0.1) is 10.2 Å². The highest BCUT2D eigenvalue weighted by Gasteiger charge is 2.32. The summed E-state index contributed by atoms with van der Waals surface area (Å²) in [7, 11) is 2.02. The monoisotopic (exact) mass is 369 g/mol. The molecule has 1 atom stereocenters. The lowest BCUT2D eigenvalue weighted by Gasteiger charge is -2.33. The molecular formula is C17H28ClN5S. The molecule has 2 heterocycles. The molecule has 7 heteroatoms. The topological polar surface area (TPSA) is 81.1 Å². The van der Waals surface area contributed by atoms with Crippen LogP contribution < -0.4 is 16.4 Å². The SMILES string of the molecule is CN(CCN)c1nc(N)nc2c3c(sc12)CCC(C(C)(C)C)C3.Cl. The standard InChI is InChI=1S/C17H27N5S.ClH/c1-17(2,3)10-5-6-12-11(9-10)13-14(23-12)15(21-16(19)20-13)22(4)8-7-18;/h10H,5-9,18H2,1-4H3,(H2,19,20,21);1H. The van der Waals surface area contributed by atoms with Crippen molar-refractivity contribution in [1.29, 1.82) is 0 Å². The minimum Gasteiger partial charge on any atom is -0.368 e. The highest BCUT2D eigenvalue weighted by atomic mass is 35.5. The third-order valence-electron chi connectivity index (χ3n) is 4.93. The third-order valence-corrected chi connectivity index (χ3v) is 6.21. The van der Waals surface area contributed by atoms with Crippen LogP contribution in [-0.2, 0) is 12.8 Å². The van der Waals surface area contributed by atoms with Gasteiger partial charge in [0.2, 0.25) is 5.95 Å². The highest BCUT2D eigenvalue weighted by molar-refractivity contribution is 7.19. The Labute approximate surface area is 154 Å². The van der Waals surface area contributed by atoms with Crippen molar-refractivity contribution in [3.8, 4) is 0 Å². The van der Waals surface area contributed by atoms with Gasteiger partial charge in [-0.05, 0) is 36.2 Å². The Balaban J connectivity index is 0.00000208. The molecule has 0 spiro atoms. The Bertz CT molecular complexity index is 722. The maximum Gasteiger partial charge on any atom is 0.222 e. The number of nitrogens with two attached hydrogens (primary N) is 2. The Hall–Kier alpha value is -1.11. The second kappa shape index (κ2) is 7.02. The van der Waals surface area contributed by atoms with Crippen LogP contribution in [-0.4, -0.2) is 30.1 Å². The maximum atomic E-state index is 6.00. The summed E-state index contributed by atoms with van der Waals surface area (Å²) in [6.45, 7) is 8.36. The van der Waals surface area contributed by atoms with E-state index in [1.165, 1.54) is 16.9 Å². The average molecular weight is 370 g/mol. The molecular weight excluding hydrogens is 342 g/mol. The first-order chi connectivity index (χ1) is 10.8. The van der Waals surface area contributed by atoms with Crippen molar-refractivity contribution in [1.82, 2.24) is 9.97 Å². The van der Waals surface area contributed by atoms with Crippen molar-refractivity contribution in [2.24, 2.45) is 17.1 Å². The molecule has 1 aliphatic carbocycles. The largest absolute Gasteiger partial charge is 0.368 e. The number of aryl methyl sites for hydroxylation is 1. The van der Waals surface area contributed by atoms with E-state index in [1.54, 1.807) is 0 Å². The summed E-state index contributed by atoms with van der Waals surface area (Å²) in [5, 5.41) is 0. The molecule has 1 aliphatic rings. The molecule has 0 fully saturated rings. The zero-order valence-electron chi connectivity index (χ0n) is 14.9. The van der Waals surface area contributed by atoms with Crippen LogP contribution in [0.15, 0.2) is 0 Å². The van der Waals surface area contributed by atoms with Crippen LogP contribution >= 0.6 is 23.7 Å². The second-order valence-electron chi connectivity index (χ2n) is 7.60. The van der Waals surface area contributed by atoms with E-state index in [4.69, 9.17) is 11.5 Å². The van der Waals surface area contributed by atoms with Crippen LogP contribution in [0, 0.1) is 11.3 Å². The van der Waals surface area contributed by atoms with E-state index in [2.05, 4.69) is 35.6 Å². The van der Waals surface area contributed by atoms with E-state index in [0.29, 0.717) is 23.8 Å². The van der Waals surface area contributed by atoms with Crippen LogP contribution in [0.25, 0.3) is 10.2 Å². The smallest absolute Gasteiger partial charge is 0.222 e. The molecule has 0 radical (unpaired) electrons. The lowest BCUT2D eigenvalue weighted by Crippen LogP contribution is -2.26. The van der Waals surface area contributed by atoms with E-state index in [0.717, 1.165) is 35.4 Å². The zero-order valence-corrected chi connectivity index (χ0v) is 16.6. The summed E-state index contributed by atoms with van der Waals surface area (Å²) in [6, 6.07) is 0. The molecule has 134 valence electrons. The number of hydrogen-bond donors (Lipinski definition) is 2. The molecule has 0 aliphatic heterocycles. The van der Waals surface area contributed by atoms with Gasteiger partial charge in [0.25, 0.3) is 0 Å². The number of anilines is 2. The number of halogens is 1. The lowest BCUT2D eigenvalue weighted by molar-refractivity contribution is 0.217. The summed E-state index contributed by atoms with van der Waals surface area (Å²) >= 11 is 1.84. The molecule has 24 heavy (non-hydrogen) atoms. The van der Waals surface area contributed by atoms with Gasteiger partial charge in [0.15, 0.2) is 5.82 Å². The minimum absolute atomic E-state index is 0. The second-order valence-corrected chi connectivity index (χ2v) is 8.71. The van der Waals surface area contributed by atoms with E-state index in [9.17, 15) is 0 Å². The molecule has 3 rings (SSSR count). The first-order valence-electron chi connectivity index (χ1n) is 8.30. The van der Waals surface area contributed by atoms with Crippen LogP contribution in [0.4, 0.5) is 11.8 Å². The molecule has 2 aromatic heterocycles. The molecule has 0 saturated carbocycles. The van der Waals surface area contributed by atoms with E-state index in [1.807, 2.05) is 18.4 Å².